The summed E-state index contributed by atoms with van der Waals surface area (Å²) in [5.41, 5.74) is 0. The van der Waals surface area contributed by atoms with Crippen LogP contribution in [-0.4, -0.2) is 42.5 Å². The van der Waals surface area contributed by atoms with Crippen LogP contribution < -0.4 is 5.32 Å². The number of ether oxygens (including phenoxy) is 1. The molecule has 0 spiro atoms. The van der Waals surface area contributed by atoms with Gasteiger partial charge in [0.2, 0.25) is 5.91 Å². The molecule has 0 saturated carbocycles. The molecule has 20 heavy (non-hydrogen) atoms. The molecule has 1 amide bonds. The van der Waals surface area contributed by atoms with Gasteiger partial charge in [0.05, 0.1) is 6.54 Å². The summed E-state index contributed by atoms with van der Waals surface area (Å²) < 4.78 is 5.72. The second kappa shape index (κ2) is 8.99. The number of amides is 1. The molecule has 1 atom stereocenters. The average molecular weight is 362 g/mol. The van der Waals surface area contributed by atoms with Crippen LogP contribution >= 0.6 is 27.7 Å². The van der Waals surface area contributed by atoms with E-state index >= 15 is 0 Å². The summed E-state index contributed by atoms with van der Waals surface area (Å²) in [5.74, 6) is -0.651. The van der Waals surface area contributed by atoms with E-state index in [1.165, 1.54) is 7.11 Å². The van der Waals surface area contributed by atoms with Crippen molar-refractivity contribution in [3.63, 3.8) is 0 Å². The highest BCUT2D eigenvalue weighted by molar-refractivity contribution is 9.10. The summed E-state index contributed by atoms with van der Waals surface area (Å²) in [6, 6.07) is 7.78. The summed E-state index contributed by atoms with van der Waals surface area (Å²) in [7, 11) is 1.30. The Labute approximate surface area is 130 Å². The molecule has 1 rings (SSSR count). The van der Waals surface area contributed by atoms with Crippen LogP contribution in [0.4, 0.5) is 0 Å². The van der Waals surface area contributed by atoms with Crippen LogP contribution in [0.1, 0.15) is 6.42 Å². The third-order valence-electron chi connectivity index (χ3n) is 2.47. The summed E-state index contributed by atoms with van der Waals surface area (Å²) in [4.78, 5) is 23.3. The average Bonchev–Trinajstić information content (AvgIpc) is 2.41. The van der Waals surface area contributed by atoms with Crippen LogP contribution in [0.5, 0.6) is 0 Å². The zero-order chi connectivity index (χ0) is 15.0. The van der Waals surface area contributed by atoms with Crippen molar-refractivity contribution in [2.75, 3.05) is 19.4 Å². The number of nitrogens with one attached hydrogen (secondary N) is 1. The molecular formula is C13H16BrNO4S. The van der Waals surface area contributed by atoms with Crippen molar-refractivity contribution in [3.05, 3.63) is 28.7 Å². The molecule has 1 aromatic rings. The molecule has 0 aromatic heterocycles. The summed E-state index contributed by atoms with van der Waals surface area (Å²) >= 11 is 5.00. The van der Waals surface area contributed by atoms with Crippen LogP contribution in [0.3, 0.4) is 0 Å². The molecule has 7 heteroatoms. The topological polar surface area (TPSA) is 75.6 Å². The van der Waals surface area contributed by atoms with Crippen molar-refractivity contribution in [1.82, 2.24) is 5.32 Å². The van der Waals surface area contributed by atoms with E-state index in [2.05, 4.69) is 21.2 Å². The van der Waals surface area contributed by atoms with E-state index in [-0.39, 0.29) is 12.5 Å². The zero-order valence-electron chi connectivity index (χ0n) is 11.0. The van der Waals surface area contributed by atoms with Crippen LogP contribution in [0.25, 0.3) is 0 Å². The molecule has 110 valence electrons. The first-order chi connectivity index (χ1) is 9.54. The molecule has 0 aliphatic rings. The molecule has 0 heterocycles. The minimum Gasteiger partial charge on any atom is -0.479 e. The third-order valence-corrected chi connectivity index (χ3v) is 4.50. The highest BCUT2D eigenvalue weighted by Crippen LogP contribution is 2.27. The number of halogens is 1. The van der Waals surface area contributed by atoms with E-state index in [1.807, 2.05) is 24.3 Å². The molecule has 1 unspecified atom stereocenters. The zero-order valence-corrected chi connectivity index (χ0v) is 13.4. The van der Waals surface area contributed by atoms with Crippen LogP contribution in [0, 0.1) is 0 Å². The van der Waals surface area contributed by atoms with E-state index in [1.54, 1.807) is 11.8 Å². The lowest BCUT2D eigenvalue weighted by molar-refractivity contribution is -0.148. The quantitative estimate of drug-likeness (QED) is 0.693. The molecule has 0 aliphatic heterocycles. The Bertz CT molecular complexity index is 469. The predicted octanol–water partition coefficient (Wildman–Crippen LogP) is 2.15. The maximum Gasteiger partial charge on any atom is 0.334 e. The fraction of sp³-hybridized carbons (Fsp3) is 0.385. The first-order valence-electron chi connectivity index (χ1n) is 5.94. The van der Waals surface area contributed by atoms with E-state index < -0.39 is 12.1 Å². The van der Waals surface area contributed by atoms with Gasteiger partial charge in [-0.15, -0.1) is 11.8 Å². The largest absolute Gasteiger partial charge is 0.479 e. The molecule has 0 saturated heterocycles. The number of carbonyl (C=O) groups is 2. The van der Waals surface area contributed by atoms with Crippen molar-refractivity contribution >= 4 is 39.6 Å². The lowest BCUT2D eigenvalue weighted by Gasteiger charge is -2.11. The first-order valence-corrected chi connectivity index (χ1v) is 7.72. The van der Waals surface area contributed by atoms with Gasteiger partial charge in [-0.25, -0.2) is 4.79 Å². The van der Waals surface area contributed by atoms with E-state index in [0.717, 1.165) is 9.37 Å². The highest BCUT2D eigenvalue weighted by atomic mass is 79.9. The Morgan fingerprint density at radius 1 is 1.45 bits per heavy atom. The number of hydrogen-bond donors (Lipinski definition) is 2. The third kappa shape index (κ3) is 5.94. The lowest BCUT2D eigenvalue weighted by Crippen LogP contribution is -2.37. The van der Waals surface area contributed by atoms with Gasteiger partial charge in [-0.2, -0.15) is 0 Å². The molecule has 0 radical (unpaired) electrons. The van der Waals surface area contributed by atoms with E-state index in [4.69, 9.17) is 9.84 Å². The molecule has 5 nitrogen and oxygen atoms in total. The highest BCUT2D eigenvalue weighted by Gasteiger charge is 2.16. The standard InChI is InChI=1S/C13H16BrNO4S/c1-19-10(13(17)18)8-15-12(16)6-7-20-11-5-3-2-4-9(11)14/h2-5,10H,6-8H2,1H3,(H,15,16)(H,17,18). The monoisotopic (exact) mass is 361 g/mol. The Morgan fingerprint density at radius 2 is 2.15 bits per heavy atom. The number of benzene rings is 1. The predicted molar refractivity (Wildman–Crippen MR) is 80.9 cm³/mol. The van der Waals surface area contributed by atoms with Gasteiger partial charge in [0, 0.05) is 28.7 Å². The number of carboxylic acids is 1. The molecule has 1 aromatic carbocycles. The van der Waals surface area contributed by atoms with E-state index in [9.17, 15) is 9.59 Å². The van der Waals surface area contributed by atoms with Gasteiger partial charge in [-0.3, -0.25) is 4.79 Å². The normalized spacial score (nSPS) is 11.9. The maximum absolute atomic E-state index is 11.6. The van der Waals surface area contributed by atoms with Gasteiger partial charge in [0.1, 0.15) is 0 Å². The molecule has 2 N–H and O–H groups in total. The number of carboxylic acid groups (broad SMARTS) is 1. The van der Waals surface area contributed by atoms with Crippen molar-refractivity contribution in [3.8, 4) is 0 Å². The number of aliphatic carboxylic acids is 1. The van der Waals surface area contributed by atoms with Crippen LogP contribution in [0.15, 0.2) is 33.6 Å². The number of hydrogen-bond acceptors (Lipinski definition) is 4. The molecule has 0 aliphatic carbocycles. The van der Waals surface area contributed by atoms with Gasteiger partial charge in [0.25, 0.3) is 0 Å². The van der Waals surface area contributed by atoms with E-state index in [0.29, 0.717) is 12.2 Å². The number of thioether (sulfide) groups is 1. The number of methoxy groups -OCH3 is 1. The van der Waals surface area contributed by atoms with Gasteiger partial charge in [-0.1, -0.05) is 12.1 Å². The molecular weight excluding hydrogens is 346 g/mol. The number of carbonyl (C=O) groups excluding carboxylic acids is 1. The minimum atomic E-state index is -1.09. The fourth-order valence-corrected chi connectivity index (χ4v) is 2.90. The van der Waals surface area contributed by atoms with Crippen LogP contribution in [-0.2, 0) is 14.3 Å². The smallest absolute Gasteiger partial charge is 0.334 e. The lowest BCUT2D eigenvalue weighted by atomic mass is 10.3. The van der Waals surface area contributed by atoms with Crippen molar-refractivity contribution in [1.29, 1.82) is 0 Å². The van der Waals surface area contributed by atoms with Crippen LogP contribution in [0.2, 0.25) is 0 Å². The Balaban J connectivity index is 2.27. The summed E-state index contributed by atoms with van der Waals surface area (Å²) in [6.07, 6.45) is -0.683. The van der Waals surface area contributed by atoms with Gasteiger partial charge >= 0.3 is 5.97 Å². The minimum absolute atomic E-state index is 0.0234. The number of rotatable bonds is 8. The Morgan fingerprint density at radius 3 is 2.75 bits per heavy atom. The van der Waals surface area contributed by atoms with Crippen molar-refractivity contribution in [2.45, 2.75) is 17.4 Å². The fourth-order valence-electron chi connectivity index (χ4n) is 1.38. The second-order valence-corrected chi connectivity index (χ2v) is 5.89. The summed E-state index contributed by atoms with van der Waals surface area (Å²) in [6.45, 7) is -0.0234. The van der Waals surface area contributed by atoms with Crippen molar-refractivity contribution in [2.24, 2.45) is 0 Å². The maximum atomic E-state index is 11.6. The molecule has 0 bridgehead atoms. The van der Waals surface area contributed by atoms with Gasteiger partial charge in [-0.05, 0) is 28.1 Å². The second-order valence-electron chi connectivity index (χ2n) is 3.90. The van der Waals surface area contributed by atoms with Gasteiger partial charge < -0.3 is 15.2 Å². The van der Waals surface area contributed by atoms with Gasteiger partial charge in [0.15, 0.2) is 6.10 Å². The molecule has 0 fully saturated rings. The Kier molecular flexibility index (Phi) is 7.64. The SMILES string of the molecule is COC(CNC(=O)CCSc1ccccc1Br)C(=O)O. The van der Waals surface area contributed by atoms with Crippen molar-refractivity contribution < 1.29 is 19.4 Å². The first kappa shape index (κ1) is 17.0. The Hall–Kier alpha value is -1.05. The summed E-state index contributed by atoms with van der Waals surface area (Å²) in [5, 5.41) is 11.3.